The summed E-state index contributed by atoms with van der Waals surface area (Å²) in [6.45, 7) is 2.36. The molecule has 0 unspecified atom stereocenters. The third kappa shape index (κ3) is 4.39. The van der Waals surface area contributed by atoms with Crippen molar-refractivity contribution >= 4 is 18.4 Å². The molecule has 1 heterocycles. The summed E-state index contributed by atoms with van der Waals surface area (Å²) >= 11 is 5.16. The Morgan fingerprint density at radius 2 is 2.08 bits per heavy atom. The Kier molecular flexibility index (Phi) is 5.35. The number of ether oxygens (including phenoxy) is 1. The molecule has 1 N–H and O–H groups in total. The number of hydrogen-bond donors (Lipinski definition) is 1. The van der Waals surface area contributed by atoms with Crippen LogP contribution in [0, 0.1) is 10.6 Å². The summed E-state index contributed by atoms with van der Waals surface area (Å²) in [6.07, 6.45) is 2.43. The van der Waals surface area contributed by atoms with Gasteiger partial charge in [0.2, 0.25) is 4.77 Å². The van der Waals surface area contributed by atoms with Gasteiger partial charge in [-0.2, -0.15) is 14.9 Å². The van der Waals surface area contributed by atoms with Gasteiger partial charge in [0, 0.05) is 6.42 Å². The predicted octanol–water partition coefficient (Wildman–Crippen LogP) is 4.10. The third-order valence-electron chi connectivity index (χ3n) is 3.53. The Morgan fingerprint density at radius 3 is 2.84 bits per heavy atom. The maximum absolute atomic E-state index is 12.9. The van der Waals surface area contributed by atoms with Gasteiger partial charge in [0.15, 0.2) is 5.82 Å². The van der Waals surface area contributed by atoms with Gasteiger partial charge in [-0.25, -0.2) is 4.39 Å². The molecule has 0 spiro atoms. The van der Waals surface area contributed by atoms with Gasteiger partial charge in [-0.05, 0) is 47.6 Å². The molecule has 7 heteroatoms. The molecule has 128 valence electrons. The molecule has 0 saturated heterocycles. The van der Waals surface area contributed by atoms with Crippen LogP contribution in [-0.2, 0) is 13.0 Å². The van der Waals surface area contributed by atoms with E-state index in [0.29, 0.717) is 17.1 Å². The van der Waals surface area contributed by atoms with E-state index in [0.717, 1.165) is 23.4 Å². The second-order valence-electron chi connectivity index (χ2n) is 5.34. The van der Waals surface area contributed by atoms with Crippen molar-refractivity contribution in [3.05, 3.63) is 76.1 Å². The molecule has 0 aliphatic heterocycles. The van der Waals surface area contributed by atoms with Crippen LogP contribution in [0.1, 0.15) is 23.9 Å². The third-order valence-corrected chi connectivity index (χ3v) is 3.80. The molecule has 0 fully saturated rings. The van der Waals surface area contributed by atoms with Crippen LogP contribution in [0.15, 0.2) is 53.6 Å². The summed E-state index contributed by atoms with van der Waals surface area (Å²) in [7, 11) is 0. The lowest BCUT2D eigenvalue weighted by molar-refractivity contribution is 0.306. The summed E-state index contributed by atoms with van der Waals surface area (Å²) in [5, 5.41) is 11.2. The van der Waals surface area contributed by atoms with E-state index in [1.807, 2.05) is 31.2 Å². The van der Waals surface area contributed by atoms with Crippen molar-refractivity contribution < 1.29 is 9.13 Å². The lowest BCUT2D eigenvalue weighted by Gasteiger charge is -2.07. The maximum Gasteiger partial charge on any atom is 0.216 e. The number of nitrogens with one attached hydrogen (secondary N) is 1. The Hall–Kier alpha value is -2.80. The molecular weight excluding hydrogens is 339 g/mol. The number of aromatic nitrogens is 3. The minimum Gasteiger partial charge on any atom is -0.489 e. The molecule has 3 aromatic rings. The lowest BCUT2D eigenvalue weighted by atomic mass is 10.2. The van der Waals surface area contributed by atoms with Gasteiger partial charge in [-0.15, -0.1) is 0 Å². The van der Waals surface area contributed by atoms with E-state index in [9.17, 15) is 4.39 Å². The van der Waals surface area contributed by atoms with Crippen molar-refractivity contribution in [2.45, 2.75) is 20.0 Å². The first-order valence-corrected chi connectivity index (χ1v) is 8.24. The molecule has 0 bridgehead atoms. The number of rotatable bonds is 6. The second-order valence-corrected chi connectivity index (χ2v) is 5.73. The minimum absolute atomic E-state index is 0.258. The van der Waals surface area contributed by atoms with Gasteiger partial charge < -0.3 is 4.74 Å². The molecule has 0 atom stereocenters. The van der Waals surface area contributed by atoms with Crippen LogP contribution in [0.5, 0.6) is 5.75 Å². The van der Waals surface area contributed by atoms with E-state index in [1.165, 1.54) is 12.1 Å². The number of halogens is 1. The summed E-state index contributed by atoms with van der Waals surface area (Å²) in [5.74, 6) is 1.22. The summed E-state index contributed by atoms with van der Waals surface area (Å²) in [5.41, 5.74) is 1.78. The van der Waals surface area contributed by atoms with Crippen molar-refractivity contribution in [2.75, 3.05) is 0 Å². The topological polar surface area (TPSA) is 55.2 Å². The fraction of sp³-hybridized carbons (Fsp3) is 0.167. The monoisotopic (exact) mass is 356 g/mol. The van der Waals surface area contributed by atoms with Crippen molar-refractivity contribution in [3.8, 4) is 5.75 Å². The average Bonchev–Trinajstić information content (AvgIpc) is 2.99. The van der Waals surface area contributed by atoms with Crippen LogP contribution >= 0.6 is 12.2 Å². The number of hydrogen-bond acceptors (Lipinski definition) is 4. The van der Waals surface area contributed by atoms with Crippen molar-refractivity contribution in [2.24, 2.45) is 5.10 Å². The standard InChI is InChI=1S/C18H17FN4OS/c1-2-17-21-22-18(25)23(17)20-11-14-4-3-5-16(10-14)24-12-13-6-8-15(19)9-7-13/h3-11H,2,12H2,1H3,(H,22,25)/b20-11+. The molecule has 0 aliphatic carbocycles. The Morgan fingerprint density at radius 1 is 1.28 bits per heavy atom. The van der Waals surface area contributed by atoms with Crippen LogP contribution < -0.4 is 4.74 Å². The van der Waals surface area contributed by atoms with E-state index in [1.54, 1.807) is 23.0 Å². The molecule has 25 heavy (non-hydrogen) atoms. The van der Waals surface area contributed by atoms with E-state index in [-0.39, 0.29) is 5.82 Å². The van der Waals surface area contributed by atoms with E-state index in [4.69, 9.17) is 17.0 Å². The van der Waals surface area contributed by atoms with Gasteiger partial charge in [0.25, 0.3) is 0 Å². The summed E-state index contributed by atoms with van der Waals surface area (Å²) in [4.78, 5) is 0. The first-order valence-electron chi connectivity index (χ1n) is 7.83. The first-order chi connectivity index (χ1) is 12.2. The van der Waals surface area contributed by atoms with Crippen LogP contribution in [0.2, 0.25) is 0 Å². The summed E-state index contributed by atoms with van der Waals surface area (Å²) in [6, 6.07) is 13.8. The Bertz CT molecular complexity index is 931. The SMILES string of the molecule is CCc1n[nH]c(=S)n1/N=C/c1cccc(OCc2ccc(F)cc2)c1. The normalized spacial score (nSPS) is 11.1. The highest BCUT2D eigenvalue weighted by Gasteiger charge is 2.02. The Labute approximate surface area is 149 Å². The molecule has 0 radical (unpaired) electrons. The second kappa shape index (κ2) is 7.85. The van der Waals surface area contributed by atoms with Gasteiger partial charge in [0.05, 0.1) is 6.21 Å². The van der Waals surface area contributed by atoms with Crippen molar-refractivity contribution in [1.82, 2.24) is 14.9 Å². The summed E-state index contributed by atoms with van der Waals surface area (Å²) < 4.78 is 20.7. The van der Waals surface area contributed by atoms with E-state index < -0.39 is 0 Å². The molecule has 2 aromatic carbocycles. The number of aryl methyl sites for hydroxylation is 1. The molecule has 3 rings (SSSR count). The quantitative estimate of drug-likeness (QED) is 0.534. The number of nitrogens with zero attached hydrogens (tertiary/aromatic N) is 3. The number of H-pyrrole nitrogens is 1. The molecule has 0 aliphatic rings. The van der Waals surface area contributed by atoms with E-state index >= 15 is 0 Å². The average molecular weight is 356 g/mol. The van der Waals surface area contributed by atoms with Gasteiger partial charge >= 0.3 is 0 Å². The largest absolute Gasteiger partial charge is 0.489 e. The molecule has 1 aromatic heterocycles. The van der Waals surface area contributed by atoms with Crippen LogP contribution in [0.3, 0.4) is 0 Å². The highest BCUT2D eigenvalue weighted by molar-refractivity contribution is 7.71. The Balaban J connectivity index is 1.70. The van der Waals surface area contributed by atoms with E-state index in [2.05, 4.69) is 15.3 Å². The molecule has 0 amide bonds. The molecule has 5 nitrogen and oxygen atoms in total. The highest BCUT2D eigenvalue weighted by atomic mass is 32.1. The maximum atomic E-state index is 12.9. The smallest absolute Gasteiger partial charge is 0.216 e. The van der Waals surface area contributed by atoms with Gasteiger partial charge in [-0.3, -0.25) is 5.10 Å². The lowest BCUT2D eigenvalue weighted by Crippen LogP contribution is -1.98. The number of aromatic amines is 1. The first kappa shape index (κ1) is 17.0. The van der Waals surface area contributed by atoms with Crippen molar-refractivity contribution in [3.63, 3.8) is 0 Å². The van der Waals surface area contributed by atoms with Gasteiger partial charge in [-0.1, -0.05) is 31.2 Å². The highest BCUT2D eigenvalue weighted by Crippen LogP contribution is 2.15. The zero-order chi connectivity index (χ0) is 17.6. The van der Waals surface area contributed by atoms with Crippen molar-refractivity contribution in [1.29, 1.82) is 0 Å². The number of benzene rings is 2. The molecular formula is C18H17FN4OS. The minimum atomic E-state index is -0.258. The van der Waals surface area contributed by atoms with Gasteiger partial charge in [0.1, 0.15) is 18.2 Å². The zero-order valence-corrected chi connectivity index (χ0v) is 14.5. The van der Waals surface area contributed by atoms with Crippen LogP contribution in [0.4, 0.5) is 4.39 Å². The predicted molar refractivity (Wildman–Crippen MR) is 97.0 cm³/mol. The fourth-order valence-electron chi connectivity index (χ4n) is 2.23. The zero-order valence-electron chi connectivity index (χ0n) is 13.6. The van der Waals surface area contributed by atoms with Crippen LogP contribution in [0.25, 0.3) is 0 Å². The molecule has 0 saturated carbocycles. The fourth-order valence-corrected chi connectivity index (χ4v) is 2.43. The van der Waals surface area contributed by atoms with Crippen LogP contribution in [-0.4, -0.2) is 21.1 Å².